The number of likely N-dealkylation sites (N-methyl/N-ethyl adjacent to an activating group) is 1. The van der Waals surface area contributed by atoms with Crippen molar-refractivity contribution in [2.75, 3.05) is 33.8 Å². The second-order valence-corrected chi connectivity index (χ2v) is 6.44. The average molecular weight is 320 g/mol. The fourth-order valence-electron chi connectivity index (χ4n) is 3.12. The Bertz CT molecular complexity index is 519. The van der Waals surface area contributed by atoms with Crippen LogP contribution in [0.2, 0.25) is 0 Å². The number of aliphatic hydroxyl groups excluding tert-OH is 1. The van der Waals surface area contributed by atoms with Crippen molar-refractivity contribution >= 4 is 5.91 Å². The van der Waals surface area contributed by atoms with Gasteiger partial charge in [-0.05, 0) is 38.3 Å². The fourth-order valence-corrected chi connectivity index (χ4v) is 3.12. The van der Waals surface area contributed by atoms with E-state index >= 15 is 0 Å². The molecule has 1 aromatic rings. The predicted molar refractivity (Wildman–Crippen MR) is 90.3 cm³/mol. The second-order valence-electron chi connectivity index (χ2n) is 6.44. The summed E-state index contributed by atoms with van der Waals surface area (Å²) in [6.45, 7) is 4.51. The fraction of sp³-hybridized carbons (Fsp3) is 0.611. The summed E-state index contributed by atoms with van der Waals surface area (Å²) < 4.78 is 5.34. The second kappa shape index (κ2) is 8.31. The molecule has 0 aromatic heterocycles. The lowest BCUT2D eigenvalue weighted by Crippen LogP contribution is -2.45. The molecule has 5 heteroatoms. The summed E-state index contributed by atoms with van der Waals surface area (Å²) in [5.41, 5.74) is 1.01. The summed E-state index contributed by atoms with van der Waals surface area (Å²) in [6.07, 6.45) is 1.78. The van der Waals surface area contributed by atoms with Crippen molar-refractivity contribution in [1.29, 1.82) is 0 Å². The Labute approximate surface area is 138 Å². The molecule has 0 aliphatic carbocycles. The number of para-hydroxylation sites is 1. The van der Waals surface area contributed by atoms with Crippen LogP contribution >= 0.6 is 0 Å². The van der Waals surface area contributed by atoms with E-state index in [1.165, 1.54) is 0 Å². The Kier molecular flexibility index (Phi) is 6.42. The highest BCUT2D eigenvalue weighted by atomic mass is 16.5. The number of benzene rings is 1. The van der Waals surface area contributed by atoms with E-state index in [0.29, 0.717) is 13.1 Å². The molecule has 1 aliphatic rings. The monoisotopic (exact) mass is 320 g/mol. The van der Waals surface area contributed by atoms with Crippen LogP contribution in [0.4, 0.5) is 0 Å². The smallest absolute Gasteiger partial charge is 0.236 e. The Morgan fingerprint density at radius 3 is 2.91 bits per heavy atom. The number of rotatable bonds is 6. The van der Waals surface area contributed by atoms with Crippen LogP contribution in [0.25, 0.3) is 0 Å². The van der Waals surface area contributed by atoms with Crippen LogP contribution in [0.1, 0.15) is 25.3 Å². The number of methoxy groups -OCH3 is 1. The summed E-state index contributed by atoms with van der Waals surface area (Å²) in [4.78, 5) is 16.4. The van der Waals surface area contributed by atoms with Crippen molar-refractivity contribution in [3.63, 3.8) is 0 Å². The van der Waals surface area contributed by atoms with Gasteiger partial charge in [-0.15, -0.1) is 0 Å². The molecule has 5 nitrogen and oxygen atoms in total. The molecule has 0 spiro atoms. The molecule has 2 rings (SSSR count). The van der Waals surface area contributed by atoms with Crippen molar-refractivity contribution < 1.29 is 14.6 Å². The van der Waals surface area contributed by atoms with Crippen molar-refractivity contribution in [3.05, 3.63) is 29.8 Å². The van der Waals surface area contributed by atoms with Gasteiger partial charge in [0.2, 0.25) is 5.91 Å². The van der Waals surface area contributed by atoms with E-state index in [9.17, 15) is 9.90 Å². The number of hydrogen-bond donors (Lipinski definition) is 1. The Morgan fingerprint density at radius 2 is 2.22 bits per heavy atom. The number of nitrogens with zero attached hydrogens (tertiary/aromatic N) is 2. The molecule has 1 aromatic carbocycles. The molecule has 1 amide bonds. The third-order valence-electron chi connectivity index (χ3n) is 4.61. The van der Waals surface area contributed by atoms with Crippen molar-refractivity contribution in [2.45, 2.75) is 32.4 Å². The zero-order valence-electron chi connectivity index (χ0n) is 14.4. The number of piperidine rings is 1. The first-order valence-electron chi connectivity index (χ1n) is 8.27. The van der Waals surface area contributed by atoms with Gasteiger partial charge in [-0.3, -0.25) is 9.69 Å². The Morgan fingerprint density at radius 1 is 1.48 bits per heavy atom. The lowest BCUT2D eigenvalue weighted by Gasteiger charge is -2.34. The van der Waals surface area contributed by atoms with E-state index in [1.54, 1.807) is 12.0 Å². The molecule has 2 atom stereocenters. The van der Waals surface area contributed by atoms with Crippen LogP contribution in [-0.4, -0.2) is 60.7 Å². The Balaban J connectivity index is 1.90. The van der Waals surface area contributed by atoms with E-state index in [4.69, 9.17) is 4.74 Å². The highest BCUT2D eigenvalue weighted by molar-refractivity contribution is 5.78. The lowest BCUT2D eigenvalue weighted by molar-refractivity contribution is -0.132. The predicted octanol–water partition coefficient (Wildman–Crippen LogP) is 1.75. The lowest BCUT2D eigenvalue weighted by atomic mass is 9.93. The van der Waals surface area contributed by atoms with Crippen molar-refractivity contribution in [2.24, 2.45) is 5.92 Å². The maximum absolute atomic E-state index is 12.5. The van der Waals surface area contributed by atoms with Gasteiger partial charge in [-0.1, -0.05) is 18.2 Å². The third kappa shape index (κ3) is 4.94. The van der Waals surface area contributed by atoms with Crippen LogP contribution < -0.4 is 4.74 Å². The van der Waals surface area contributed by atoms with Crippen LogP contribution in [-0.2, 0) is 11.3 Å². The van der Waals surface area contributed by atoms with Crippen LogP contribution in [0.3, 0.4) is 0 Å². The average Bonchev–Trinajstić information content (AvgIpc) is 2.55. The molecule has 1 saturated heterocycles. The first kappa shape index (κ1) is 17.8. The number of carbonyl (C=O) groups is 1. The van der Waals surface area contributed by atoms with Gasteiger partial charge < -0.3 is 14.7 Å². The number of ether oxygens (including phenoxy) is 1. The number of likely N-dealkylation sites (tertiary alicyclic amines) is 1. The van der Waals surface area contributed by atoms with E-state index < -0.39 is 0 Å². The molecule has 1 aliphatic heterocycles. The van der Waals surface area contributed by atoms with Gasteiger partial charge in [0.25, 0.3) is 0 Å². The van der Waals surface area contributed by atoms with E-state index in [2.05, 4.69) is 4.90 Å². The molecule has 0 radical (unpaired) electrons. The van der Waals surface area contributed by atoms with Crippen molar-refractivity contribution in [3.8, 4) is 5.75 Å². The SMILES string of the molecule is COc1ccccc1CN(C)C(=O)CN1CCC[C@H]([C@@H](C)O)C1. The summed E-state index contributed by atoms with van der Waals surface area (Å²) in [7, 11) is 3.47. The third-order valence-corrected chi connectivity index (χ3v) is 4.61. The first-order valence-corrected chi connectivity index (χ1v) is 8.27. The summed E-state index contributed by atoms with van der Waals surface area (Å²) >= 11 is 0. The van der Waals surface area contributed by atoms with Gasteiger partial charge in [0, 0.05) is 25.7 Å². The van der Waals surface area contributed by atoms with Gasteiger partial charge in [-0.2, -0.15) is 0 Å². The minimum atomic E-state index is -0.306. The molecular formula is C18H28N2O3. The highest BCUT2D eigenvalue weighted by Gasteiger charge is 2.25. The van der Waals surface area contributed by atoms with E-state index in [-0.39, 0.29) is 17.9 Å². The van der Waals surface area contributed by atoms with Gasteiger partial charge in [0.05, 0.1) is 19.8 Å². The normalized spacial score (nSPS) is 20.1. The minimum absolute atomic E-state index is 0.0992. The van der Waals surface area contributed by atoms with Gasteiger partial charge in [0.1, 0.15) is 5.75 Å². The summed E-state index contributed by atoms with van der Waals surface area (Å²) in [6, 6.07) is 7.76. The molecular weight excluding hydrogens is 292 g/mol. The maximum Gasteiger partial charge on any atom is 0.236 e. The molecule has 1 fully saturated rings. The minimum Gasteiger partial charge on any atom is -0.496 e. The molecule has 1 heterocycles. The molecule has 23 heavy (non-hydrogen) atoms. The van der Waals surface area contributed by atoms with Crippen molar-refractivity contribution in [1.82, 2.24) is 9.80 Å². The quantitative estimate of drug-likeness (QED) is 0.867. The molecule has 0 unspecified atom stereocenters. The van der Waals surface area contributed by atoms with Crippen LogP contribution in [0.15, 0.2) is 24.3 Å². The van der Waals surface area contributed by atoms with Crippen LogP contribution in [0, 0.1) is 5.92 Å². The first-order chi connectivity index (χ1) is 11.0. The number of carbonyl (C=O) groups excluding carboxylic acids is 1. The zero-order valence-corrected chi connectivity index (χ0v) is 14.4. The topological polar surface area (TPSA) is 53.0 Å². The molecule has 128 valence electrons. The summed E-state index contributed by atoms with van der Waals surface area (Å²) in [5.74, 6) is 1.18. The number of aliphatic hydroxyl groups is 1. The highest BCUT2D eigenvalue weighted by Crippen LogP contribution is 2.21. The molecule has 0 saturated carbocycles. The van der Waals surface area contributed by atoms with Crippen LogP contribution in [0.5, 0.6) is 5.75 Å². The molecule has 0 bridgehead atoms. The summed E-state index contributed by atoms with van der Waals surface area (Å²) in [5, 5.41) is 9.75. The Hall–Kier alpha value is -1.59. The van der Waals surface area contributed by atoms with Gasteiger partial charge in [0.15, 0.2) is 0 Å². The van der Waals surface area contributed by atoms with E-state index in [0.717, 1.165) is 37.2 Å². The maximum atomic E-state index is 12.5. The largest absolute Gasteiger partial charge is 0.496 e. The van der Waals surface area contributed by atoms with Gasteiger partial charge >= 0.3 is 0 Å². The molecule has 1 N–H and O–H groups in total. The number of amides is 1. The van der Waals surface area contributed by atoms with Gasteiger partial charge in [-0.25, -0.2) is 0 Å². The standard InChI is InChI=1S/C18H28N2O3/c1-14(21)15-8-6-10-20(12-15)13-18(22)19(2)11-16-7-4-5-9-17(16)23-3/h4-5,7,9,14-15,21H,6,8,10-13H2,1-3H3/t14-,15+/m1/s1. The van der Waals surface area contributed by atoms with E-state index in [1.807, 2.05) is 38.2 Å². The number of hydrogen-bond acceptors (Lipinski definition) is 4. The zero-order chi connectivity index (χ0) is 16.8.